The van der Waals surface area contributed by atoms with Crippen LogP contribution < -0.4 is 4.72 Å². The Hall–Kier alpha value is -0.0100. The van der Waals surface area contributed by atoms with E-state index < -0.39 is 40.3 Å². The van der Waals surface area contributed by atoms with Crippen molar-refractivity contribution in [3.05, 3.63) is 0 Å². The average molecular weight is 308 g/mol. The van der Waals surface area contributed by atoms with Crippen molar-refractivity contribution in [2.45, 2.75) is 50.2 Å². The van der Waals surface area contributed by atoms with Gasteiger partial charge in [-0.15, -0.1) is 11.6 Å². The zero-order valence-corrected chi connectivity index (χ0v) is 11.5. The lowest BCUT2D eigenvalue weighted by atomic mass is 10.0. The van der Waals surface area contributed by atoms with E-state index in [4.69, 9.17) is 11.6 Å². The fourth-order valence-electron chi connectivity index (χ4n) is 2.16. The van der Waals surface area contributed by atoms with Gasteiger partial charge in [-0.25, -0.2) is 13.1 Å². The predicted molar refractivity (Wildman–Crippen MR) is 64.1 cm³/mol. The molecule has 1 N–H and O–H groups in total. The van der Waals surface area contributed by atoms with Crippen LogP contribution in [0.5, 0.6) is 0 Å². The Labute approximate surface area is 110 Å². The summed E-state index contributed by atoms with van der Waals surface area (Å²) in [5, 5.41) is 0. The lowest BCUT2D eigenvalue weighted by Crippen LogP contribution is -2.48. The van der Waals surface area contributed by atoms with Crippen molar-refractivity contribution in [2.24, 2.45) is 0 Å². The first-order valence-electron chi connectivity index (χ1n) is 5.82. The van der Waals surface area contributed by atoms with E-state index in [1.54, 1.807) is 0 Å². The number of halogens is 4. The summed E-state index contributed by atoms with van der Waals surface area (Å²) in [6, 6.07) is 0. The molecule has 3 nitrogen and oxygen atoms in total. The van der Waals surface area contributed by atoms with Gasteiger partial charge in [0.05, 0.1) is 5.75 Å². The minimum absolute atomic E-state index is 0.158. The van der Waals surface area contributed by atoms with E-state index in [0.29, 0.717) is 12.8 Å². The van der Waals surface area contributed by atoms with Crippen molar-refractivity contribution < 1.29 is 21.6 Å². The highest BCUT2D eigenvalue weighted by atomic mass is 35.5. The Kier molecular flexibility index (Phi) is 5.32. The third-order valence-electron chi connectivity index (χ3n) is 3.06. The number of alkyl halides is 4. The van der Waals surface area contributed by atoms with Crippen LogP contribution in [0.15, 0.2) is 0 Å². The molecular formula is C10H17ClF3NO2S. The highest BCUT2D eigenvalue weighted by Gasteiger charge is 2.37. The number of nitrogens with one attached hydrogen (secondary N) is 1. The SMILES string of the molecule is O=S(=O)(CCCC(F)(F)F)NC1(CCl)CCCC1. The van der Waals surface area contributed by atoms with Gasteiger partial charge in [-0.2, -0.15) is 13.2 Å². The van der Waals surface area contributed by atoms with Gasteiger partial charge in [0.25, 0.3) is 0 Å². The van der Waals surface area contributed by atoms with Crippen LogP contribution in [0.4, 0.5) is 13.2 Å². The van der Waals surface area contributed by atoms with Gasteiger partial charge >= 0.3 is 6.18 Å². The number of rotatable bonds is 6. The van der Waals surface area contributed by atoms with Gasteiger partial charge < -0.3 is 0 Å². The Morgan fingerprint density at radius 3 is 2.22 bits per heavy atom. The summed E-state index contributed by atoms with van der Waals surface area (Å²) in [6.07, 6.45) is -2.74. The molecule has 18 heavy (non-hydrogen) atoms. The summed E-state index contributed by atoms with van der Waals surface area (Å²) in [5.41, 5.74) is -0.654. The number of hydrogen-bond acceptors (Lipinski definition) is 2. The standard InChI is InChI=1S/C10H17ClF3NO2S/c11-8-9(4-1-2-5-9)15-18(16,17)7-3-6-10(12,13)14/h15H,1-8H2. The monoisotopic (exact) mass is 307 g/mol. The van der Waals surface area contributed by atoms with Gasteiger partial charge in [0.2, 0.25) is 10.0 Å². The average Bonchev–Trinajstić information content (AvgIpc) is 2.63. The molecule has 0 aromatic rings. The maximum atomic E-state index is 11.9. The zero-order chi connectivity index (χ0) is 13.9. The smallest absolute Gasteiger partial charge is 0.212 e. The van der Waals surface area contributed by atoms with Crippen LogP contribution in [-0.2, 0) is 10.0 Å². The van der Waals surface area contributed by atoms with Gasteiger partial charge in [0, 0.05) is 17.8 Å². The Morgan fingerprint density at radius 2 is 1.78 bits per heavy atom. The highest BCUT2D eigenvalue weighted by Crippen LogP contribution is 2.31. The van der Waals surface area contributed by atoms with E-state index in [9.17, 15) is 21.6 Å². The third kappa shape index (κ3) is 5.32. The summed E-state index contributed by atoms with van der Waals surface area (Å²) in [7, 11) is -3.69. The van der Waals surface area contributed by atoms with Gasteiger partial charge in [-0.3, -0.25) is 0 Å². The molecule has 0 aromatic heterocycles. The summed E-state index contributed by atoms with van der Waals surface area (Å²) in [4.78, 5) is 0. The minimum atomic E-state index is -4.31. The van der Waals surface area contributed by atoms with Crippen LogP contribution in [-0.4, -0.2) is 31.8 Å². The van der Waals surface area contributed by atoms with E-state index in [1.807, 2.05) is 0 Å². The van der Waals surface area contributed by atoms with Crippen LogP contribution in [0.3, 0.4) is 0 Å². The predicted octanol–water partition coefficient (Wildman–Crippen LogP) is 2.80. The van der Waals surface area contributed by atoms with Crippen molar-refractivity contribution in [1.29, 1.82) is 0 Å². The van der Waals surface area contributed by atoms with Crippen LogP contribution in [0.1, 0.15) is 38.5 Å². The molecule has 1 saturated carbocycles. The first kappa shape index (κ1) is 16.0. The molecule has 0 bridgehead atoms. The van der Waals surface area contributed by atoms with Crippen molar-refractivity contribution in [1.82, 2.24) is 4.72 Å². The Bertz CT molecular complexity index is 364. The van der Waals surface area contributed by atoms with Crippen molar-refractivity contribution >= 4 is 21.6 Å². The molecule has 0 atom stereocenters. The Morgan fingerprint density at radius 1 is 1.22 bits per heavy atom. The van der Waals surface area contributed by atoms with Crippen LogP contribution in [0.25, 0.3) is 0 Å². The molecule has 1 aliphatic carbocycles. The molecular weight excluding hydrogens is 291 g/mol. The fourth-order valence-corrected chi connectivity index (χ4v) is 4.13. The van der Waals surface area contributed by atoms with Gasteiger partial charge in [0.15, 0.2) is 0 Å². The van der Waals surface area contributed by atoms with Crippen LogP contribution >= 0.6 is 11.6 Å². The third-order valence-corrected chi connectivity index (χ3v) is 5.14. The topological polar surface area (TPSA) is 46.2 Å². The summed E-state index contributed by atoms with van der Waals surface area (Å²) >= 11 is 5.77. The normalized spacial score (nSPS) is 20.2. The first-order chi connectivity index (χ1) is 8.18. The Balaban J connectivity index is 2.49. The summed E-state index contributed by atoms with van der Waals surface area (Å²) < 4.78 is 61.7. The largest absolute Gasteiger partial charge is 0.389 e. The summed E-state index contributed by atoms with van der Waals surface area (Å²) in [6.45, 7) is 0. The quantitative estimate of drug-likeness (QED) is 0.767. The van der Waals surface area contributed by atoms with E-state index in [1.165, 1.54) is 0 Å². The molecule has 0 aromatic carbocycles. The number of hydrogen-bond donors (Lipinski definition) is 1. The molecule has 1 fully saturated rings. The fraction of sp³-hybridized carbons (Fsp3) is 1.00. The number of sulfonamides is 1. The molecule has 108 valence electrons. The van der Waals surface area contributed by atoms with Crippen molar-refractivity contribution in [3.8, 4) is 0 Å². The molecule has 0 saturated heterocycles. The second kappa shape index (κ2) is 5.96. The van der Waals surface area contributed by atoms with Crippen LogP contribution in [0.2, 0.25) is 0 Å². The molecule has 0 heterocycles. The van der Waals surface area contributed by atoms with Crippen molar-refractivity contribution in [2.75, 3.05) is 11.6 Å². The molecule has 0 amide bonds. The molecule has 0 radical (unpaired) electrons. The maximum absolute atomic E-state index is 11.9. The molecule has 0 spiro atoms. The van der Waals surface area contributed by atoms with Gasteiger partial charge in [-0.05, 0) is 19.3 Å². The molecule has 0 unspecified atom stereocenters. The van der Waals surface area contributed by atoms with Crippen LogP contribution in [0, 0.1) is 0 Å². The molecule has 1 aliphatic rings. The van der Waals surface area contributed by atoms with Crippen molar-refractivity contribution in [3.63, 3.8) is 0 Å². The second-order valence-electron chi connectivity index (χ2n) is 4.76. The second-order valence-corrected chi connectivity index (χ2v) is 6.87. The molecule has 8 heteroatoms. The zero-order valence-electron chi connectivity index (χ0n) is 9.89. The van der Waals surface area contributed by atoms with E-state index in [0.717, 1.165) is 12.8 Å². The maximum Gasteiger partial charge on any atom is 0.389 e. The lowest BCUT2D eigenvalue weighted by molar-refractivity contribution is -0.134. The van der Waals surface area contributed by atoms with Gasteiger partial charge in [-0.1, -0.05) is 12.8 Å². The molecule has 1 rings (SSSR count). The van der Waals surface area contributed by atoms with E-state index in [-0.39, 0.29) is 5.88 Å². The summed E-state index contributed by atoms with van der Waals surface area (Å²) in [5.74, 6) is -0.351. The minimum Gasteiger partial charge on any atom is -0.212 e. The highest BCUT2D eigenvalue weighted by molar-refractivity contribution is 7.89. The van der Waals surface area contributed by atoms with E-state index >= 15 is 0 Å². The first-order valence-corrected chi connectivity index (χ1v) is 8.01. The van der Waals surface area contributed by atoms with E-state index in [2.05, 4.69) is 4.72 Å². The molecule has 0 aliphatic heterocycles. The van der Waals surface area contributed by atoms with Gasteiger partial charge in [0.1, 0.15) is 0 Å². The lowest BCUT2D eigenvalue weighted by Gasteiger charge is -2.27.